The first-order valence-electron chi connectivity index (χ1n) is 28.7. The van der Waals surface area contributed by atoms with E-state index in [4.69, 9.17) is 28.4 Å². The number of nitrogens with one attached hydrogen (secondary N) is 5. The van der Waals surface area contributed by atoms with E-state index >= 15 is 0 Å². The van der Waals surface area contributed by atoms with Crippen molar-refractivity contribution in [2.75, 3.05) is 118 Å². The van der Waals surface area contributed by atoms with Crippen LogP contribution >= 0.6 is 11.8 Å². The van der Waals surface area contributed by atoms with Gasteiger partial charge in [0, 0.05) is 75.7 Å². The number of ether oxygens (including phenoxy) is 8. The zero-order valence-electron chi connectivity index (χ0n) is 48.8. The average molecular weight is 1310 g/mol. The smallest absolute Gasteiger partial charge is 0.379 e. The van der Waals surface area contributed by atoms with Crippen molar-refractivity contribution in [1.82, 2.24) is 46.5 Å². The number of halogens is 11. The molecule has 0 aliphatic carbocycles. The minimum atomic E-state index is -5.54. The number of carbonyl (C=O) groups is 7. The van der Waals surface area contributed by atoms with Gasteiger partial charge in [-0.25, -0.2) is 9.48 Å². The number of ketones is 2. The number of hydrogen-bond acceptors (Lipinski definition) is 18. The Morgan fingerprint density at radius 3 is 1.80 bits per heavy atom. The quantitative estimate of drug-likeness (QED) is 0.0341. The first-order valence-corrected chi connectivity index (χ1v) is 29.7. The van der Waals surface area contributed by atoms with Crippen LogP contribution in [0.25, 0.3) is 0 Å². The predicted octanol–water partition coefficient (Wildman–Crippen LogP) is 4.50. The van der Waals surface area contributed by atoms with Gasteiger partial charge in [-0.15, -0.1) is 5.10 Å². The summed E-state index contributed by atoms with van der Waals surface area (Å²) in [6.07, 6.45) is -26.8. The van der Waals surface area contributed by atoms with E-state index in [-0.39, 0.29) is 180 Å². The number of urea groups is 1. The summed E-state index contributed by atoms with van der Waals surface area (Å²) >= 11 is 1.83. The number of Topliss-reactive ketones (excluding diaryl/α,β-unsaturated/α-hetero) is 2. The van der Waals surface area contributed by atoms with Crippen LogP contribution in [0.2, 0.25) is 0 Å². The number of thioether (sulfide) groups is 1. The largest absolute Gasteiger partial charge is 0.421 e. The maximum Gasteiger partial charge on any atom is 0.421 e. The van der Waals surface area contributed by atoms with E-state index in [9.17, 15) is 81.9 Å². The van der Waals surface area contributed by atoms with Crippen molar-refractivity contribution in [2.45, 2.75) is 158 Å². The Hall–Kier alpha value is -5.11. The summed E-state index contributed by atoms with van der Waals surface area (Å²) in [5, 5.41) is 22.1. The van der Waals surface area contributed by atoms with Gasteiger partial charge in [0.2, 0.25) is 29.7 Å². The van der Waals surface area contributed by atoms with Crippen LogP contribution in [0, 0.1) is 0 Å². The van der Waals surface area contributed by atoms with Gasteiger partial charge < -0.3 is 69.4 Å². The summed E-state index contributed by atoms with van der Waals surface area (Å²) in [6, 6.07) is 0.166. The Morgan fingerprint density at radius 1 is 0.670 bits per heavy atom. The third kappa shape index (κ3) is 34.7. The standard InChI is InChI=1S/C52H80F11N9O15S/c1-2-50(56,57)87-41(51(58,59)60)34-86-47(52(61,62)63)39(74)8-6-15-65-44(77)12-20-81-26-29-84-23-17-71(16-22-83-28-25-80-19-11-43(76)64-14-5-7-37(73)31-49(53,54)55)45(78)13-21-82-27-30-85-24-18-72-33-36(69-70-72)32-66-42(75)10-4-3-9-40-46-38(35-88-40)67-48(79)68-46/h33,38,40-41,46-47H,2-32,34-35H2,1H3,(H,64,76)(H,65,77)(H,66,75)(H2,67,68,79)/t38-,40-,41?,46-,47?/m0/s1. The third-order valence-corrected chi connectivity index (χ3v) is 14.4. The molecule has 2 aliphatic rings. The predicted molar refractivity (Wildman–Crippen MR) is 288 cm³/mol. The zero-order chi connectivity index (χ0) is 65.0. The first kappa shape index (κ1) is 77.1. The summed E-state index contributed by atoms with van der Waals surface area (Å²) in [5.74, 6) is -3.22. The number of carbonyl (C=O) groups excluding carboxylic acids is 7. The molecule has 5 N–H and O–H groups in total. The molecule has 1 aromatic rings. The van der Waals surface area contributed by atoms with Gasteiger partial charge in [0.15, 0.2) is 11.9 Å². The van der Waals surface area contributed by atoms with Crippen molar-refractivity contribution in [3.63, 3.8) is 0 Å². The van der Waals surface area contributed by atoms with Gasteiger partial charge in [0.25, 0.3) is 0 Å². The third-order valence-electron chi connectivity index (χ3n) is 12.9. The molecule has 88 heavy (non-hydrogen) atoms. The molecule has 506 valence electrons. The molecule has 36 heteroatoms. The van der Waals surface area contributed by atoms with Crippen molar-refractivity contribution >= 4 is 53.0 Å². The summed E-state index contributed by atoms with van der Waals surface area (Å²) in [4.78, 5) is 86.5. The molecule has 5 atom stereocenters. The topological polar surface area (TPSA) is 287 Å². The molecule has 24 nitrogen and oxygen atoms in total. The molecule has 2 aliphatic heterocycles. The van der Waals surface area contributed by atoms with Crippen LogP contribution in [0.1, 0.15) is 96.1 Å². The van der Waals surface area contributed by atoms with E-state index in [0.29, 0.717) is 23.9 Å². The first-order chi connectivity index (χ1) is 41.7. The highest BCUT2D eigenvalue weighted by Crippen LogP contribution is 2.34. The number of amides is 6. The Labute approximate surface area is 505 Å². The highest BCUT2D eigenvalue weighted by atomic mass is 32.2. The molecule has 0 aromatic carbocycles. The number of rotatable bonds is 50. The Balaban J connectivity index is 1.30. The molecule has 2 unspecified atom stereocenters. The Bertz CT molecular complexity index is 2240. The lowest BCUT2D eigenvalue weighted by Gasteiger charge is -2.27. The van der Waals surface area contributed by atoms with Crippen LogP contribution in [0.15, 0.2) is 6.20 Å². The molecule has 0 bridgehead atoms. The lowest BCUT2D eigenvalue weighted by molar-refractivity contribution is -0.338. The van der Waals surface area contributed by atoms with Crippen LogP contribution < -0.4 is 26.6 Å². The molecule has 0 spiro atoms. The molecule has 3 heterocycles. The average Bonchev–Trinajstić information content (AvgIpc) is 3.73. The lowest BCUT2D eigenvalue weighted by atomic mass is 10.0. The van der Waals surface area contributed by atoms with Crippen LogP contribution in [0.3, 0.4) is 0 Å². The van der Waals surface area contributed by atoms with Crippen molar-refractivity contribution in [1.29, 1.82) is 0 Å². The lowest BCUT2D eigenvalue weighted by Crippen LogP contribution is -2.46. The number of aromatic nitrogens is 3. The van der Waals surface area contributed by atoms with Crippen molar-refractivity contribution in [3.05, 3.63) is 11.9 Å². The molecule has 6 amide bonds. The molecule has 0 radical (unpaired) electrons. The summed E-state index contributed by atoms with van der Waals surface area (Å²) in [5.41, 5.74) is 0.578. The van der Waals surface area contributed by atoms with E-state index in [0.717, 1.165) is 31.9 Å². The van der Waals surface area contributed by atoms with E-state index in [1.807, 2.05) is 11.8 Å². The van der Waals surface area contributed by atoms with Crippen LogP contribution in [-0.2, 0) is 79.8 Å². The monoisotopic (exact) mass is 1310 g/mol. The zero-order valence-corrected chi connectivity index (χ0v) is 49.6. The highest BCUT2D eigenvalue weighted by Gasteiger charge is 2.51. The number of nitrogens with zero attached hydrogens (tertiary/aromatic N) is 4. The fourth-order valence-electron chi connectivity index (χ4n) is 8.23. The van der Waals surface area contributed by atoms with Gasteiger partial charge in [-0.05, 0) is 25.7 Å². The van der Waals surface area contributed by atoms with Crippen molar-refractivity contribution in [3.8, 4) is 0 Å². The normalized spacial score (nSPS) is 16.8. The van der Waals surface area contributed by atoms with E-state index in [2.05, 4.69) is 46.4 Å². The number of alkyl halides is 11. The molecule has 3 rings (SSSR count). The molecular weight excluding hydrogens is 1230 g/mol. The van der Waals surface area contributed by atoms with Gasteiger partial charge in [-0.1, -0.05) is 18.6 Å². The molecule has 0 saturated carbocycles. The van der Waals surface area contributed by atoms with Crippen molar-refractivity contribution in [2.24, 2.45) is 0 Å². The van der Waals surface area contributed by atoms with Gasteiger partial charge in [-0.3, -0.25) is 28.8 Å². The summed E-state index contributed by atoms with van der Waals surface area (Å²) < 4.78 is 186. The van der Waals surface area contributed by atoms with Crippen LogP contribution in [-0.4, -0.2) is 233 Å². The summed E-state index contributed by atoms with van der Waals surface area (Å²) in [6.45, 7) is 0.260. The Morgan fingerprint density at radius 2 is 1.23 bits per heavy atom. The van der Waals surface area contributed by atoms with E-state index < -0.39 is 86.1 Å². The maximum absolute atomic E-state index is 13.5. The van der Waals surface area contributed by atoms with Gasteiger partial charge >= 0.3 is 30.7 Å². The van der Waals surface area contributed by atoms with Crippen molar-refractivity contribution < 1.29 is 120 Å². The Kier molecular flexibility index (Phi) is 36.2. The second-order valence-electron chi connectivity index (χ2n) is 20.0. The number of unbranched alkanes of at least 4 members (excludes halogenated alkanes) is 1. The fraction of sp³-hybridized carbons (Fsp3) is 0.827. The van der Waals surface area contributed by atoms with Gasteiger partial charge in [0.1, 0.15) is 17.9 Å². The minimum absolute atomic E-state index is 0.00282. The number of fused-ring (bicyclic) bond motifs is 1. The SMILES string of the molecule is CCC(F)(F)OC(COC(C(=O)CCCNC(=O)CCOCCOCCN(CCOCCOCCC(=O)NCCCC(=O)CC(F)(F)F)C(=O)CCOCCOCCn1cc(CNC(=O)CCCC[C@@H]2SC[C@@H]3NC(=O)N[C@@H]32)nn1)C(F)(F)F)C(F)(F)F. The fourth-order valence-corrected chi connectivity index (χ4v) is 9.77. The molecular formula is C52H80F11N9O15S. The van der Waals surface area contributed by atoms with Crippen LogP contribution in [0.4, 0.5) is 53.1 Å². The highest BCUT2D eigenvalue weighted by molar-refractivity contribution is 8.00. The summed E-state index contributed by atoms with van der Waals surface area (Å²) in [7, 11) is 0. The number of hydrogen-bond donors (Lipinski definition) is 5. The van der Waals surface area contributed by atoms with Crippen LogP contribution in [0.5, 0.6) is 0 Å². The molecule has 2 fully saturated rings. The van der Waals surface area contributed by atoms with E-state index in [1.165, 1.54) is 4.90 Å². The second-order valence-corrected chi connectivity index (χ2v) is 21.3. The second kappa shape index (κ2) is 41.3. The molecule has 2 saturated heterocycles. The maximum atomic E-state index is 13.5. The minimum Gasteiger partial charge on any atom is -0.379 e. The van der Waals surface area contributed by atoms with E-state index in [1.54, 1.807) is 10.9 Å². The van der Waals surface area contributed by atoms with Gasteiger partial charge in [-0.2, -0.15) is 60.1 Å². The van der Waals surface area contributed by atoms with Gasteiger partial charge in [0.05, 0.1) is 124 Å². The molecule has 1 aromatic heterocycles.